The van der Waals surface area contributed by atoms with Crippen LogP contribution in [0.25, 0.3) is 0 Å². The van der Waals surface area contributed by atoms with Crippen molar-refractivity contribution in [3.63, 3.8) is 0 Å². The van der Waals surface area contributed by atoms with Gasteiger partial charge in [-0.25, -0.2) is 0 Å². The van der Waals surface area contributed by atoms with Crippen molar-refractivity contribution < 1.29 is 5.11 Å². The Morgan fingerprint density at radius 1 is 1.44 bits per heavy atom. The number of hydrogen-bond donors (Lipinski definition) is 2. The van der Waals surface area contributed by atoms with Crippen LogP contribution < -0.4 is 5.32 Å². The Labute approximate surface area is 56.7 Å². The molecule has 2 N–H and O–H groups in total. The molecule has 0 spiro atoms. The Bertz CT molecular complexity index is 65.5. The average molecular weight is 132 g/mol. The fourth-order valence-corrected chi connectivity index (χ4v) is 0.931. The van der Waals surface area contributed by atoms with E-state index >= 15 is 0 Å². The predicted molar refractivity (Wildman–Crippen MR) is 38.2 cm³/mol. The van der Waals surface area contributed by atoms with Gasteiger partial charge in [0.05, 0.1) is 12.3 Å². The van der Waals surface area contributed by atoms with Crippen molar-refractivity contribution in [2.24, 2.45) is 0 Å². The zero-order chi connectivity index (χ0) is 7.44. The summed E-state index contributed by atoms with van der Waals surface area (Å²) in [5.41, 5.74) is 0. The van der Waals surface area contributed by atoms with Gasteiger partial charge in [-0.15, -0.1) is 0 Å². The van der Waals surface area contributed by atoms with Crippen molar-refractivity contribution in [3.05, 3.63) is 0 Å². The molecule has 0 heterocycles. The molecule has 3 nitrogen and oxygen atoms in total. The monoisotopic (exact) mass is 132 g/mol. The maximum Gasteiger partial charge on any atom is 0.0854 e. The minimum atomic E-state index is -0.329. The first-order valence-corrected chi connectivity index (χ1v) is 3.11. The molecule has 0 bridgehead atoms. The number of aliphatic hydroxyl groups excluding tert-OH is 1. The molecule has 0 saturated carbocycles. The lowest BCUT2D eigenvalue weighted by Gasteiger charge is -2.25. The third-order valence-electron chi connectivity index (χ3n) is 1.31. The molecule has 2 unspecified atom stereocenters. The van der Waals surface area contributed by atoms with E-state index in [0.29, 0.717) is 0 Å². The molecule has 0 aliphatic heterocycles. The number of rotatable bonds is 3. The standard InChI is InChI=1S/C6H16N2O/c1-5(9)6(7-2)8(3)4/h5-7,9H,1-4H3. The summed E-state index contributed by atoms with van der Waals surface area (Å²) in [5.74, 6) is 0. The maximum atomic E-state index is 9.08. The smallest absolute Gasteiger partial charge is 0.0854 e. The van der Waals surface area contributed by atoms with Gasteiger partial charge in [-0.3, -0.25) is 4.90 Å². The Balaban J connectivity index is 3.68. The van der Waals surface area contributed by atoms with E-state index < -0.39 is 0 Å². The highest BCUT2D eigenvalue weighted by Crippen LogP contribution is 1.93. The van der Waals surface area contributed by atoms with Crippen LogP contribution in [0.15, 0.2) is 0 Å². The molecule has 0 fully saturated rings. The second-order valence-corrected chi connectivity index (χ2v) is 2.44. The first-order chi connectivity index (χ1) is 4.09. The SMILES string of the molecule is CNC(C(C)O)N(C)C. The normalized spacial score (nSPS) is 18.0. The molecule has 0 aliphatic rings. The maximum absolute atomic E-state index is 9.08. The molecule has 9 heavy (non-hydrogen) atoms. The Morgan fingerprint density at radius 2 is 1.89 bits per heavy atom. The Morgan fingerprint density at radius 3 is 1.89 bits per heavy atom. The summed E-state index contributed by atoms with van der Waals surface area (Å²) < 4.78 is 0. The molecule has 0 aliphatic carbocycles. The molecule has 0 aromatic heterocycles. The lowest BCUT2D eigenvalue weighted by Crippen LogP contribution is -2.46. The van der Waals surface area contributed by atoms with Gasteiger partial charge in [0.1, 0.15) is 0 Å². The minimum Gasteiger partial charge on any atom is -0.390 e. The summed E-state index contributed by atoms with van der Waals surface area (Å²) in [6.45, 7) is 1.77. The quantitative estimate of drug-likeness (QED) is 0.507. The van der Waals surface area contributed by atoms with E-state index in [0.717, 1.165) is 0 Å². The van der Waals surface area contributed by atoms with Gasteiger partial charge in [0.15, 0.2) is 0 Å². The van der Waals surface area contributed by atoms with Crippen molar-refractivity contribution in [3.8, 4) is 0 Å². The lowest BCUT2D eigenvalue weighted by molar-refractivity contribution is 0.0748. The van der Waals surface area contributed by atoms with Crippen LogP contribution in [0, 0.1) is 0 Å². The molecule has 3 heteroatoms. The van der Waals surface area contributed by atoms with Gasteiger partial charge in [0.25, 0.3) is 0 Å². The van der Waals surface area contributed by atoms with E-state index in [1.807, 2.05) is 26.0 Å². The summed E-state index contributed by atoms with van der Waals surface area (Å²) in [5, 5.41) is 12.1. The number of likely N-dealkylation sites (N-methyl/N-ethyl adjacent to an activating group) is 2. The largest absolute Gasteiger partial charge is 0.390 e. The summed E-state index contributed by atoms with van der Waals surface area (Å²) >= 11 is 0. The first-order valence-electron chi connectivity index (χ1n) is 3.11. The van der Waals surface area contributed by atoms with Crippen LogP contribution in [0.4, 0.5) is 0 Å². The Kier molecular flexibility index (Phi) is 3.77. The molecule has 0 aromatic carbocycles. The van der Waals surface area contributed by atoms with E-state index in [4.69, 9.17) is 5.11 Å². The topological polar surface area (TPSA) is 35.5 Å². The molecular formula is C6H16N2O. The van der Waals surface area contributed by atoms with Crippen LogP contribution >= 0.6 is 0 Å². The summed E-state index contributed by atoms with van der Waals surface area (Å²) in [4.78, 5) is 1.94. The van der Waals surface area contributed by atoms with E-state index in [2.05, 4.69) is 5.32 Å². The van der Waals surface area contributed by atoms with E-state index in [9.17, 15) is 0 Å². The second kappa shape index (κ2) is 3.82. The zero-order valence-corrected chi connectivity index (χ0v) is 6.55. The fourth-order valence-electron chi connectivity index (χ4n) is 0.931. The second-order valence-electron chi connectivity index (χ2n) is 2.44. The number of nitrogens with zero attached hydrogens (tertiary/aromatic N) is 1. The summed E-state index contributed by atoms with van der Waals surface area (Å²) in [7, 11) is 5.68. The number of hydrogen-bond acceptors (Lipinski definition) is 3. The molecule has 0 aromatic rings. The Hall–Kier alpha value is -0.120. The van der Waals surface area contributed by atoms with Crippen LogP contribution in [0.3, 0.4) is 0 Å². The van der Waals surface area contributed by atoms with Gasteiger partial charge in [-0.2, -0.15) is 0 Å². The highest BCUT2D eigenvalue weighted by molar-refractivity contribution is 4.65. The average Bonchev–Trinajstić information content (AvgIpc) is 1.64. The van der Waals surface area contributed by atoms with Crippen molar-refractivity contribution >= 4 is 0 Å². The van der Waals surface area contributed by atoms with Gasteiger partial charge in [-0.05, 0) is 28.1 Å². The van der Waals surface area contributed by atoms with Crippen LogP contribution in [-0.2, 0) is 0 Å². The third-order valence-corrected chi connectivity index (χ3v) is 1.31. The minimum absolute atomic E-state index is 0.0602. The van der Waals surface area contributed by atoms with Gasteiger partial charge in [0, 0.05) is 0 Å². The molecular weight excluding hydrogens is 116 g/mol. The number of aliphatic hydroxyl groups is 1. The van der Waals surface area contributed by atoms with E-state index in [1.165, 1.54) is 0 Å². The zero-order valence-electron chi connectivity index (χ0n) is 6.55. The first kappa shape index (κ1) is 8.88. The highest BCUT2D eigenvalue weighted by Gasteiger charge is 2.13. The molecule has 0 rings (SSSR count). The molecule has 2 atom stereocenters. The van der Waals surface area contributed by atoms with Crippen molar-refractivity contribution in [1.82, 2.24) is 10.2 Å². The lowest BCUT2D eigenvalue weighted by atomic mass is 10.3. The van der Waals surface area contributed by atoms with Crippen molar-refractivity contribution in [2.45, 2.75) is 19.2 Å². The van der Waals surface area contributed by atoms with Gasteiger partial charge in [-0.1, -0.05) is 0 Å². The van der Waals surface area contributed by atoms with Crippen LogP contribution in [0.2, 0.25) is 0 Å². The van der Waals surface area contributed by atoms with E-state index in [1.54, 1.807) is 6.92 Å². The van der Waals surface area contributed by atoms with Gasteiger partial charge in [0.2, 0.25) is 0 Å². The van der Waals surface area contributed by atoms with Crippen LogP contribution in [-0.4, -0.2) is 43.4 Å². The molecule has 0 saturated heterocycles. The predicted octanol–water partition coefficient (Wildman–Crippen LogP) is -0.526. The summed E-state index contributed by atoms with van der Waals surface area (Å²) in [6.07, 6.45) is -0.269. The van der Waals surface area contributed by atoms with Gasteiger partial charge < -0.3 is 10.4 Å². The van der Waals surface area contributed by atoms with Crippen molar-refractivity contribution in [1.29, 1.82) is 0 Å². The third kappa shape index (κ3) is 2.79. The summed E-state index contributed by atoms with van der Waals surface area (Å²) in [6, 6.07) is 0. The molecule has 0 radical (unpaired) electrons. The highest BCUT2D eigenvalue weighted by atomic mass is 16.3. The number of nitrogens with one attached hydrogen (secondary N) is 1. The van der Waals surface area contributed by atoms with Crippen LogP contribution in [0.5, 0.6) is 0 Å². The van der Waals surface area contributed by atoms with Crippen LogP contribution in [0.1, 0.15) is 6.92 Å². The molecule has 0 amide bonds. The van der Waals surface area contributed by atoms with E-state index in [-0.39, 0.29) is 12.3 Å². The molecule has 56 valence electrons. The van der Waals surface area contributed by atoms with Crippen molar-refractivity contribution in [2.75, 3.05) is 21.1 Å². The fraction of sp³-hybridized carbons (Fsp3) is 1.00. The van der Waals surface area contributed by atoms with Gasteiger partial charge >= 0.3 is 0 Å².